The van der Waals surface area contributed by atoms with E-state index < -0.39 is 11.9 Å². The molecule has 0 radical (unpaired) electrons. The van der Waals surface area contributed by atoms with Crippen molar-refractivity contribution in [1.29, 1.82) is 0 Å². The number of fused-ring (bicyclic) bond motifs is 1. The Balaban J connectivity index is 1.79. The van der Waals surface area contributed by atoms with Crippen LogP contribution in [0.3, 0.4) is 0 Å². The minimum Gasteiger partial charge on any atom is -0.497 e. The summed E-state index contributed by atoms with van der Waals surface area (Å²) in [6.07, 6.45) is 1.85. The Morgan fingerprint density at radius 3 is 2.34 bits per heavy atom. The summed E-state index contributed by atoms with van der Waals surface area (Å²) in [4.78, 5) is 27.3. The zero-order valence-corrected chi connectivity index (χ0v) is 18.6. The zero-order valence-electron chi connectivity index (χ0n) is 18.6. The Kier molecular flexibility index (Phi) is 7.30. The molecule has 1 heterocycles. The van der Waals surface area contributed by atoms with Crippen LogP contribution in [0.5, 0.6) is 17.2 Å². The van der Waals surface area contributed by atoms with Gasteiger partial charge in [0.05, 0.1) is 24.3 Å². The van der Waals surface area contributed by atoms with E-state index in [1.807, 2.05) is 32.0 Å². The summed E-state index contributed by atoms with van der Waals surface area (Å²) in [6.45, 7) is 5.45. The minimum absolute atomic E-state index is 0.0340. The van der Waals surface area contributed by atoms with E-state index in [0.717, 1.165) is 22.0 Å². The van der Waals surface area contributed by atoms with Crippen LogP contribution in [0.1, 0.15) is 31.9 Å². The Morgan fingerprint density at radius 2 is 1.75 bits per heavy atom. The van der Waals surface area contributed by atoms with Crippen LogP contribution in [0.25, 0.3) is 10.9 Å². The fourth-order valence-corrected chi connectivity index (χ4v) is 3.32. The number of aliphatic carboxylic acids is 1. The fourth-order valence-electron chi connectivity index (χ4n) is 3.32. The van der Waals surface area contributed by atoms with Crippen LogP contribution in [0.15, 0.2) is 48.7 Å². The lowest BCUT2D eigenvalue weighted by Crippen LogP contribution is -2.23. The molecule has 1 N–H and O–H groups in total. The van der Waals surface area contributed by atoms with E-state index in [2.05, 4.69) is 4.98 Å². The van der Waals surface area contributed by atoms with Crippen molar-refractivity contribution in [3.05, 3.63) is 59.8 Å². The molecule has 0 aliphatic carbocycles. The number of carboxylic acids is 1. The molecule has 32 heavy (non-hydrogen) atoms. The molecule has 7 heteroatoms. The quantitative estimate of drug-likeness (QED) is 0.469. The molecule has 0 amide bonds. The minimum atomic E-state index is -1.11. The summed E-state index contributed by atoms with van der Waals surface area (Å²) in [5, 5.41) is 10.0. The number of benzene rings is 2. The lowest BCUT2D eigenvalue weighted by Gasteiger charge is -2.17. The van der Waals surface area contributed by atoms with Gasteiger partial charge in [-0.15, -0.1) is 0 Å². The van der Waals surface area contributed by atoms with Gasteiger partial charge in [-0.2, -0.15) is 0 Å². The normalized spacial score (nSPS) is 11.9. The van der Waals surface area contributed by atoms with Crippen molar-refractivity contribution in [1.82, 2.24) is 4.98 Å². The first kappa shape index (κ1) is 23.1. The molecule has 0 saturated carbocycles. The highest BCUT2D eigenvalue weighted by Gasteiger charge is 2.22. The molecular formula is C25H27NO6. The Labute approximate surface area is 186 Å². The highest BCUT2D eigenvalue weighted by Crippen LogP contribution is 2.33. The van der Waals surface area contributed by atoms with Gasteiger partial charge in [0.15, 0.2) is 0 Å². The van der Waals surface area contributed by atoms with Crippen molar-refractivity contribution in [2.24, 2.45) is 5.92 Å². The molecule has 0 spiro atoms. The van der Waals surface area contributed by atoms with Gasteiger partial charge in [0.1, 0.15) is 35.6 Å². The largest absolute Gasteiger partial charge is 0.497 e. The Morgan fingerprint density at radius 1 is 1.06 bits per heavy atom. The third kappa shape index (κ3) is 5.55. The van der Waals surface area contributed by atoms with Crippen LogP contribution in [0.2, 0.25) is 0 Å². The van der Waals surface area contributed by atoms with Crippen LogP contribution in [0.4, 0.5) is 0 Å². The van der Waals surface area contributed by atoms with E-state index in [1.54, 1.807) is 37.6 Å². The third-order valence-corrected chi connectivity index (χ3v) is 5.00. The van der Waals surface area contributed by atoms with E-state index in [1.165, 1.54) is 6.92 Å². The monoisotopic (exact) mass is 437 g/mol. The molecule has 3 aromatic rings. The molecule has 3 rings (SSSR count). The average Bonchev–Trinajstić information content (AvgIpc) is 2.76. The summed E-state index contributed by atoms with van der Waals surface area (Å²) in [5.74, 6) is -0.493. The smallest absolute Gasteiger partial charge is 0.314 e. The number of carbonyl (C=O) groups is 2. The number of hydrogen-bond acceptors (Lipinski definition) is 6. The van der Waals surface area contributed by atoms with E-state index in [4.69, 9.17) is 14.2 Å². The number of ether oxygens (including phenoxy) is 3. The lowest BCUT2D eigenvalue weighted by atomic mass is 9.96. The van der Waals surface area contributed by atoms with Crippen molar-refractivity contribution in [2.45, 2.75) is 39.9 Å². The highest BCUT2D eigenvalue weighted by atomic mass is 16.5. The predicted octanol–water partition coefficient (Wildman–Crippen LogP) is 4.44. The van der Waals surface area contributed by atoms with Crippen molar-refractivity contribution < 1.29 is 28.9 Å². The van der Waals surface area contributed by atoms with Crippen molar-refractivity contribution in [3.63, 3.8) is 0 Å². The van der Waals surface area contributed by atoms with Gasteiger partial charge in [0, 0.05) is 11.6 Å². The average molecular weight is 437 g/mol. The van der Waals surface area contributed by atoms with Crippen LogP contribution in [-0.4, -0.2) is 35.1 Å². The summed E-state index contributed by atoms with van der Waals surface area (Å²) in [5.41, 5.74) is 2.35. The number of aromatic nitrogens is 1. The van der Waals surface area contributed by atoms with E-state index in [-0.39, 0.29) is 24.9 Å². The van der Waals surface area contributed by atoms with Crippen molar-refractivity contribution in [3.8, 4) is 17.2 Å². The third-order valence-electron chi connectivity index (χ3n) is 5.00. The van der Waals surface area contributed by atoms with Crippen LogP contribution in [0, 0.1) is 5.92 Å². The number of Topliss-reactive ketones (excluding diaryl/α,β-unsaturated/α-hetero) is 1. The van der Waals surface area contributed by atoms with E-state index in [9.17, 15) is 14.7 Å². The molecular weight excluding hydrogens is 410 g/mol. The number of carbonyl (C=O) groups excluding carboxylic acids is 1. The topological polar surface area (TPSA) is 95.0 Å². The molecule has 1 atom stereocenters. The summed E-state index contributed by atoms with van der Waals surface area (Å²) >= 11 is 0. The molecule has 0 aliphatic rings. The second kappa shape index (κ2) is 10.1. The molecule has 168 valence electrons. The second-order valence-electron chi connectivity index (χ2n) is 7.80. The number of rotatable bonds is 10. The van der Waals surface area contributed by atoms with Gasteiger partial charge in [0.25, 0.3) is 0 Å². The van der Waals surface area contributed by atoms with Gasteiger partial charge in [-0.05, 0) is 63.1 Å². The van der Waals surface area contributed by atoms with Gasteiger partial charge in [0.2, 0.25) is 0 Å². The molecule has 1 unspecified atom stereocenters. The van der Waals surface area contributed by atoms with Gasteiger partial charge in [-0.3, -0.25) is 14.6 Å². The number of hydrogen-bond donors (Lipinski definition) is 1. The maximum Gasteiger partial charge on any atom is 0.314 e. The van der Waals surface area contributed by atoms with Crippen LogP contribution >= 0.6 is 0 Å². The molecule has 0 fully saturated rings. The first-order valence-electron chi connectivity index (χ1n) is 10.4. The predicted molar refractivity (Wildman–Crippen MR) is 120 cm³/mol. The molecule has 0 aliphatic heterocycles. The van der Waals surface area contributed by atoms with Crippen molar-refractivity contribution in [2.75, 3.05) is 7.11 Å². The number of nitrogens with zero attached hydrogens (tertiary/aromatic N) is 1. The molecule has 0 saturated heterocycles. The Hall–Kier alpha value is -3.61. The second-order valence-corrected chi connectivity index (χ2v) is 7.80. The Bertz CT molecular complexity index is 1090. The van der Waals surface area contributed by atoms with Gasteiger partial charge < -0.3 is 19.3 Å². The van der Waals surface area contributed by atoms with Crippen molar-refractivity contribution >= 4 is 22.7 Å². The first-order valence-corrected chi connectivity index (χ1v) is 10.4. The number of pyridine rings is 1. The summed E-state index contributed by atoms with van der Waals surface area (Å²) in [6, 6.07) is 12.7. The first-order chi connectivity index (χ1) is 15.3. The number of methoxy groups -OCH3 is 1. The van der Waals surface area contributed by atoms with Crippen LogP contribution < -0.4 is 14.2 Å². The standard InChI is InChI=1S/C25H27NO6/c1-15(2)32-24-18(13-26-23-10-9-20(30-4)12-22(23)24)14-31-19-7-5-17(6-8-19)11-21(16(3)27)25(28)29/h5-10,12-13,15,21H,11,14H2,1-4H3,(H,28,29). The maximum atomic E-state index is 11.5. The van der Waals surface area contributed by atoms with Gasteiger partial charge in [-0.1, -0.05) is 12.1 Å². The van der Waals surface area contributed by atoms with Gasteiger partial charge in [-0.25, -0.2) is 0 Å². The number of carboxylic acid groups (broad SMARTS) is 1. The maximum absolute atomic E-state index is 11.5. The molecule has 1 aromatic heterocycles. The zero-order chi connectivity index (χ0) is 23.3. The number of ketones is 1. The summed E-state index contributed by atoms with van der Waals surface area (Å²) in [7, 11) is 1.61. The molecule has 0 bridgehead atoms. The van der Waals surface area contributed by atoms with E-state index in [0.29, 0.717) is 17.2 Å². The fraction of sp³-hybridized carbons (Fsp3) is 0.320. The highest BCUT2D eigenvalue weighted by molar-refractivity contribution is 5.97. The molecule has 7 nitrogen and oxygen atoms in total. The lowest BCUT2D eigenvalue weighted by molar-refractivity contribution is -0.145. The van der Waals surface area contributed by atoms with Gasteiger partial charge >= 0.3 is 5.97 Å². The van der Waals surface area contributed by atoms with Crippen LogP contribution in [-0.2, 0) is 22.6 Å². The molecule has 2 aromatic carbocycles. The summed E-state index contributed by atoms with van der Waals surface area (Å²) < 4.78 is 17.4. The van der Waals surface area contributed by atoms with E-state index >= 15 is 0 Å². The SMILES string of the molecule is COc1ccc2ncc(COc3ccc(CC(C(C)=O)C(=O)O)cc3)c(OC(C)C)c2c1.